The van der Waals surface area contributed by atoms with Crippen molar-refractivity contribution < 1.29 is 4.39 Å². The third-order valence-electron chi connectivity index (χ3n) is 5.33. The van der Waals surface area contributed by atoms with E-state index in [9.17, 15) is 4.39 Å². The largest absolute Gasteiger partial charge is 0.367 e. The number of aromatic nitrogens is 3. The summed E-state index contributed by atoms with van der Waals surface area (Å²) in [7, 11) is 0. The van der Waals surface area contributed by atoms with Gasteiger partial charge in [0.25, 0.3) is 0 Å². The van der Waals surface area contributed by atoms with E-state index in [-0.39, 0.29) is 16.9 Å². The first-order valence-electron chi connectivity index (χ1n) is 9.81. The second kappa shape index (κ2) is 6.85. The molecule has 6 heteroatoms. The number of hydrogen-bond acceptors (Lipinski definition) is 4. The second-order valence-corrected chi connectivity index (χ2v) is 9.18. The van der Waals surface area contributed by atoms with Crippen LogP contribution in [0.1, 0.15) is 46.1 Å². The van der Waals surface area contributed by atoms with Gasteiger partial charge in [0.2, 0.25) is 0 Å². The zero-order valence-corrected chi connectivity index (χ0v) is 17.0. The van der Waals surface area contributed by atoms with E-state index in [4.69, 9.17) is 0 Å². The maximum absolute atomic E-state index is 13.5. The van der Waals surface area contributed by atoms with Crippen molar-refractivity contribution in [2.45, 2.75) is 64.2 Å². The fourth-order valence-electron chi connectivity index (χ4n) is 4.70. The molecule has 0 atom stereocenters. The molecule has 0 amide bonds. The molecule has 2 aromatic heterocycles. The number of anilines is 1. The molecular weight excluding hydrogens is 353 g/mol. The Kier molecular flexibility index (Phi) is 4.62. The monoisotopic (exact) mass is 381 g/mol. The Morgan fingerprint density at radius 1 is 1.14 bits per heavy atom. The SMILES string of the molecule is CC1(C)CC(Nc2ncnc3c2ccn3Cc2cccc(F)c2)CC(C)(C)N1. The van der Waals surface area contributed by atoms with Crippen molar-refractivity contribution in [3.05, 3.63) is 54.2 Å². The van der Waals surface area contributed by atoms with Crippen LogP contribution in [-0.4, -0.2) is 31.7 Å². The molecule has 4 rings (SSSR count). The average Bonchev–Trinajstić information content (AvgIpc) is 2.96. The first-order valence-corrected chi connectivity index (χ1v) is 9.81. The molecule has 1 aliphatic heterocycles. The Morgan fingerprint density at radius 2 is 1.89 bits per heavy atom. The van der Waals surface area contributed by atoms with Gasteiger partial charge < -0.3 is 15.2 Å². The Hall–Kier alpha value is -2.47. The molecule has 0 unspecified atom stereocenters. The van der Waals surface area contributed by atoms with Crippen molar-refractivity contribution in [1.29, 1.82) is 0 Å². The van der Waals surface area contributed by atoms with Crippen molar-refractivity contribution in [3.63, 3.8) is 0 Å². The van der Waals surface area contributed by atoms with Gasteiger partial charge >= 0.3 is 0 Å². The first-order chi connectivity index (χ1) is 13.2. The summed E-state index contributed by atoms with van der Waals surface area (Å²) in [5.41, 5.74) is 1.89. The lowest BCUT2D eigenvalue weighted by atomic mass is 9.79. The van der Waals surface area contributed by atoms with Crippen molar-refractivity contribution in [2.24, 2.45) is 0 Å². The fraction of sp³-hybridized carbons (Fsp3) is 0.455. The predicted molar refractivity (Wildman–Crippen MR) is 111 cm³/mol. The Labute approximate surface area is 165 Å². The molecule has 28 heavy (non-hydrogen) atoms. The van der Waals surface area contributed by atoms with E-state index >= 15 is 0 Å². The minimum absolute atomic E-state index is 0.0644. The summed E-state index contributed by atoms with van der Waals surface area (Å²) < 4.78 is 15.5. The normalized spacial score (nSPS) is 19.0. The lowest BCUT2D eigenvalue weighted by Gasteiger charge is -2.46. The standard InChI is InChI=1S/C22H28FN5/c1-21(2)11-17(12-22(3,4)27-21)26-19-18-8-9-28(20(18)25-14-24-19)13-15-6-5-7-16(23)10-15/h5-10,14,17,27H,11-13H2,1-4H3,(H,24,25,26). The summed E-state index contributed by atoms with van der Waals surface area (Å²) in [5, 5.41) is 8.36. The van der Waals surface area contributed by atoms with E-state index in [1.807, 2.05) is 22.9 Å². The summed E-state index contributed by atoms with van der Waals surface area (Å²) in [5.74, 6) is 0.642. The predicted octanol–water partition coefficient (Wildman–Crippen LogP) is 4.34. The smallest absolute Gasteiger partial charge is 0.145 e. The molecule has 1 saturated heterocycles. The third kappa shape index (κ3) is 4.02. The van der Waals surface area contributed by atoms with E-state index in [1.54, 1.807) is 18.5 Å². The number of nitrogens with one attached hydrogen (secondary N) is 2. The van der Waals surface area contributed by atoms with Crippen LogP contribution < -0.4 is 10.6 Å². The maximum Gasteiger partial charge on any atom is 0.145 e. The van der Waals surface area contributed by atoms with Crippen LogP contribution in [0.4, 0.5) is 10.2 Å². The van der Waals surface area contributed by atoms with Crippen molar-refractivity contribution in [2.75, 3.05) is 5.32 Å². The number of nitrogens with zero attached hydrogens (tertiary/aromatic N) is 3. The third-order valence-corrected chi connectivity index (χ3v) is 5.33. The van der Waals surface area contributed by atoms with Crippen LogP contribution in [0.5, 0.6) is 0 Å². The summed E-state index contributed by atoms with van der Waals surface area (Å²) in [6, 6.07) is 9.05. The van der Waals surface area contributed by atoms with Crippen LogP contribution in [-0.2, 0) is 6.54 Å². The average molecular weight is 381 g/mol. The molecule has 0 bridgehead atoms. The minimum atomic E-state index is -0.220. The van der Waals surface area contributed by atoms with E-state index < -0.39 is 0 Å². The molecular formula is C22H28FN5. The molecule has 148 valence electrons. The summed E-state index contributed by atoms with van der Waals surface area (Å²) in [6.45, 7) is 9.55. The van der Waals surface area contributed by atoms with Crippen molar-refractivity contribution >= 4 is 16.9 Å². The zero-order valence-electron chi connectivity index (χ0n) is 17.0. The Bertz CT molecular complexity index is 976. The summed E-state index contributed by atoms with van der Waals surface area (Å²) >= 11 is 0. The number of rotatable bonds is 4. The zero-order chi connectivity index (χ0) is 19.9. The molecule has 3 aromatic rings. The van der Waals surface area contributed by atoms with Gasteiger partial charge in [-0.05, 0) is 64.3 Å². The van der Waals surface area contributed by atoms with Gasteiger partial charge in [-0.25, -0.2) is 14.4 Å². The van der Waals surface area contributed by atoms with Gasteiger partial charge in [0.1, 0.15) is 23.6 Å². The number of fused-ring (bicyclic) bond motifs is 1. The van der Waals surface area contributed by atoms with E-state index in [1.165, 1.54) is 6.07 Å². The minimum Gasteiger partial charge on any atom is -0.367 e. The van der Waals surface area contributed by atoms with E-state index in [0.29, 0.717) is 12.6 Å². The highest BCUT2D eigenvalue weighted by Gasteiger charge is 2.37. The number of hydrogen-bond donors (Lipinski definition) is 2. The number of halogens is 1. The number of benzene rings is 1. The topological polar surface area (TPSA) is 54.8 Å². The highest BCUT2D eigenvalue weighted by Crippen LogP contribution is 2.31. The highest BCUT2D eigenvalue weighted by atomic mass is 19.1. The van der Waals surface area contributed by atoms with Gasteiger partial charge in [0, 0.05) is 29.9 Å². The molecule has 1 fully saturated rings. The molecule has 0 radical (unpaired) electrons. The molecule has 0 spiro atoms. The second-order valence-electron chi connectivity index (χ2n) is 9.18. The van der Waals surface area contributed by atoms with Crippen molar-refractivity contribution in [1.82, 2.24) is 19.9 Å². The first kappa shape index (κ1) is 18.9. The van der Waals surface area contributed by atoms with Crippen LogP contribution in [0.15, 0.2) is 42.9 Å². The van der Waals surface area contributed by atoms with Gasteiger partial charge in [0.05, 0.1) is 5.39 Å². The number of piperidine rings is 1. The van der Waals surface area contributed by atoms with Crippen LogP contribution in [0.3, 0.4) is 0 Å². The maximum atomic E-state index is 13.5. The molecule has 3 heterocycles. The summed E-state index contributed by atoms with van der Waals surface area (Å²) in [4.78, 5) is 8.99. The van der Waals surface area contributed by atoms with Crippen molar-refractivity contribution in [3.8, 4) is 0 Å². The van der Waals surface area contributed by atoms with Crippen LogP contribution in [0.25, 0.3) is 11.0 Å². The lowest BCUT2D eigenvalue weighted by Crippen LogP contribution is -2.60. The molecule has 2 N–H and O–H groups in total. The highest BCUT2D eigenvalue weighted by molar-refractivity contribution is 5.87. The van der Waals surface area contributed by atoms with Gasteiger partial charge in [-0.2, -0.15) is 0 Å². The molecule has 0 saturated carbocycles. The molecule has 1 aliphatic rings. The molecule has 1 aromatic carbocycles. The van der Waals surface area contributed by atoms with Crippen LogP contribution in [0, 0.1) is 5.82 Å². The Balaban J connectivity index is 1.60. The van der Waals surface area contributed by atoms with Crippen LogP contribution >= 0.6 is 0 Å². The van der Waals surface area contributed by atoms with Gasteiger partial charge in [-0.1, -0.05) is 12.1 Å². The molecule has 0 aliphatic carbocycles. The van der Waals surface area contributed by atoms with Gasteiger partial charge in [0.15, 0.2) is 0 Å². The fourth-order valence-corrected chi connectivity index (χ4v) is 4.70. The van der Waals surface area contributed by atoms with Gasteiger partial charge in [-0.15, -0.1) is 0 Å². The summed E-state index contributed by atoms with van der Waals surface area (Å²) in [6.07, 6.45) is 5.63. The van der Waals surface area contributed by atoms with Crippen LogP contribution in [0.2, 0.25) is 0 Å². The van der Waals surface area contributed by atoms with E-state index in [0.717, 1.165) is 35.3 Å². The van der Waals surface area contributed by atoms with E-state index in [2.05, 4.69) is 48.3 Å². The quantitative estimate of drug-likeness (QED) is 0.706. The van der Waals surface area contributed by atoms with Gasteiger partial charge in [-0.3, -0.25) is 0 Å². The molecule has 5 nitrogen and oxygen atoms in total. The Morgan fingerprint density at radius 3 is 2.61 bits per heavy atom. The lowest BCUT2D eigenvalue weighted by molar-refractivity contribution is 0.170.